The summed E-state index contributed by atoms with van der Waals surface area (Å²) in [6.07, 6.45) is 0.775. The molecule has 0 radical (unpaired) electrons. The Morgan fingerprint density at radius 3 is 2.59 bits per heavy atom. The highest BCUT2D eigenvalue weighted by atomic mass is 32.2. The van der Waals surface area contributed by atoms with E-state index in [1.165, 1.54) is 23.5 Å². The first kappa shape index (κ1) is 16.5. The van der Waals surface area contributed by atoms with E-state index < -0.39 is 10.0 Å². The van der Waals surface area contributed by atoms with E-state index in [4.69, 9.17) is 0 Å². The molecule has 0 unspecified atom stereocenters. The first-order valence-corrected chi connectivity index (χ1v) is 8.98. The third-order valence-electron chi connectivity index (χ3n) is 2.71. The predicted octanol–water partition coefficient (Wildman–Crippen LogP) is 1.41. The molecule has 22 heavy (non-hydrogen) atoms. The Balaban J connectivity index is 1.82. The molecule has 1 amide bonds. The Hall–Kier alpha value is -1.84. The van der Waals surface area contributed by atoms with E-state index in [-0.39, 0.29) is 23.8 Å². The van der Waals surface area contributed by atoms with Gasteiger partial charge in [-0.3, -0.25) is 4.79 Å². The summed E-state index contributed by atoms with van der Waals surface area (Å²) in [6, 6.07) is 8.01. The lowest BCUT2D eigenvalue weighted by molar-refractivity contribution is -0.116. The van der Waals surface area contributed by atoms with E-state index in [9.17, 15) is 13.2 Å². The molecule has 0 saturated heterocycles. The lowest BCUT2D eigenvalue weighted by Gasteiger charge is -2.06. The van der Waals surface area contributed by atoms with E-state index in [1.54, 1.807) is 18.2 Å². The van der Waals surface area contributed by atoms with Crippen molar-refractivity contribution in [3.8, 4) is 0 Å². The lowest BCUT2D eigenvalue weighted by Crippen LogP contribution is -2.27. The van der Waals surface area contributed by atoms with Crippen LogP contribution in [0.15, 0.2) is 35.2 Å². The molecule has 2 aromatic rings. The van der Waals surface area contributed by atoms with Crippen molar-refractivity contribution in [1.29, 1.82) is 0 Å². The quantitative estimate of drug-likeness (QED) is 0.793. The SMILES string of the molecule is CCc1nnc(NC(=O)CCNS(=O)(=O)c2ccccc2)s1. The fraction of sp³-hybridized carbons (Fsp3) is 0.308. The van der Waals surface area contributed by atoms with Gasteiger partial charge in [0.2, 0.25) is 21.1 Å². The smallest absolute Gasteiger partial charge is 0.240 e. The molecule has 1 aromatic carbocycles. The minimum Gasteiger partial charge on any atom is -0.300 e. The number of amides is 1. The van der Waals surface area contributed by atoms with Gasteiger partial charge in [0, 0.05) is 13.0 Å². The van der Waals surface area contributed by atoms with E-state index in [1.807, 2.05) is 6.92 Å². The molecule has 0 atom stereocenters. The van der Waals surface area contributed by atoms with Gasteiger partial charge >= 0.3 is 0 Å². The number of hydrogen-bond donors (Lipinski definition) is 2. The van der Waals surface area contributed by atoms with Crippen molar-refractivity contribution >= 4 is 32.4 Å². The van der Waals surface area contributed by atoms with Crippen LogP contribution in [0.3, 0.4) is 0 Å². The van der Waals surface area contributed by atoms with Crippen molar-refractivity contribution in [2.75, 3.05) is 11.9 Å². The fourth-order valence-electron chi connectivity index (χ4n) is 1.61. The molecule has 0 fully saturated rings. The lowest BCUT2D eigenvalue weighted by atomic mass is 10.4. The van der Waals surface area contributed by atoms with Crippen molar-refractivity contribution in [2.24, 2.45) is 0 Å². The summed E-state index contributed by atoms with van der Waals surface area (Å²) in [4.78, 5) is 11.9. The molecule has 1 aromatic heterocycles. The number of benzene rings is 1. The molecule has 0 aliphatic heterocycles. The minimum absolute atomic E-state index is 0.0164. The zero-order chi connectivity index (χ0) is 16.0. The molecule has 0 saturated carbocycles. The molecule has 118 valence electrons. The monoisotopic (exact) mass is 340 g/mol. The predicted molar refractivity (Wildman–Crippen MR) is 84.2 cm³/mol. The van der Waals surface area contributed by atoms with Crippen LogP contribution >= 0.6 is 11.3 Å². The number of nitrogens with zero attached hydrogens (tertiary/aromatic N) is 2. The van der Waals surface area contributed by atoms with Crippen LogP contribution in [0.1, 0.15) is 18.4 Å². The minimum atomic E-state index is -3.58. The van der Waals surface area contributed by atoms with Gasteiger partial charge < -0.3 is 5.32 Å². The van der Waals surface area contributed by atoms with Crippen LogP contribution in [0.2, 0.25) is 0 Å². The summed E-state index contributed by atoms with van der Waals surface area (Å²) in [7, 11) is -3.58. The molecular formula is C13H16N4O3S2. The van der Waals surface area contributed by atoms with E-state index in [2.05, 4.69) is 20.2 Å². The maximum absolute atomic E-state index is 12.0. The highest BCUT2D eigenvalue weighted by Gasteiger charge is 2.14. The van der Waals surface area contributed by atoms with Crippen molar-refractivity contribution in [3.63, 3.8) is 0 Å². The van der Waals surface area contributed by atoms with E-state index in [0.29, 0.717) is 5.13 Å². The van der Waals surface area contributed by atoms with Gasteiger partial charge in [-0.1, -0.05) is 36.5 Å². The van der Waals surface area contributed by atoms with Crippen molar-refractivity contribution in [1.82, 2.24) is 14.9 Å². The van der Waals surface area contributed by atoms with Crippen molar-refractivity contribution in [2.45, 2.75) is 24.7 Å². The number of aromatic nitrogens is 2. The molecule has 2 N–H and O–H groups in total. The molecule has 0 aliphatic rings. The Bertz CT molecular complexity index is 729. The molecular weight excluding hydrogens is 324 g/mol. The van der Waals surface area contributed by atoms with Crippen LogP contribution in [0.5, 0.6) is 0 Å². The first-order chi connectivity index (χ1) is 10.5. The summed E-state index contributed by atoms with van der Waals surface area (Å²) < 4.78 is 26.3. The third-order valence-corrected chi connectivity index (χ3v) is 5.17. The number of sulfonamides is 1. The van der Waals surface area contributed by atoms with Gasteiger partial charge in [0.15, 0.2) is 0 Å². The second-order valence-electron chi connectivity index (χ2n) is 4.36. The topological polar surface area (TPSA) is 101 Å². The second kappa shape index (κ2) is 7.43. The van der Waals surface area contributed by atoms with Crippen LogP contribution in [-0.2, 0) is 21.2 Å². The van der Waals surface area contributed by atoms with Crippen LogP contribution in [0.25, 0.3) is 0 Å². The van der Waals surface area contributed by atoms with Gasteiger partial charge in [-0.25, -0.2) is 13.1 Å². The van der Waals surface area contributed by atoms with E-state index in [0.717, 1.165) is 11.4 Å². The zero-order valence-electron chi connectivity index (χ0n) is 11.9. The first-order valence-electron chi connectivity index (χ1n) is 6.68. The normalized spacial score (nSPS) is 11.3. The van der Waals surface area contributed by atoms with Crippen molar-refractivity contribution < 1.29 is 13.2 Å². The van der Waals surface area contributed by atoms with Gasteiger partial charge in [-0.05, 0) is 18.6 Å². The average Bonchev–Trinajstić information content (AvgIpc) is 2.95. The summed E-state index contributed by atoms with van der Waals surface area (Å²) in [5.41, 5.74) is 0. The maximum atomic E-state index is 12.0. The third kappa shape index (κ3) is 4.58. The molecule has 0 spiro atoms. The maximum Gasteiger partial charge on any atom is 0.240 e. The summed E-state index contributed by atoms with van der Waals surface area (Å²) in [6.45, 7) is 1.97. The average molecular weight is 340 g/mol. The van der Waals surface area contributed by atoms with Crippen LogP contribution in [-0.4, -0.2) is 31.1 Å². The van der Waals surface area contributed by atoms with Gasteiger partial charge in [0.25, 0.3) is 0 Å². The van der Waals surface area contributed by atoms with Gasteiger partial charge in [-0.2, -0.15) is 0 Å². The van der Waals surface area contributed by atoms with Crippen LogP contribution < -0.4 is 10.0 Å². The zero-order valence-corrected chi connectivity index (χ0v) is 13.6. The number of nitrogens with one attached hydrogen (secondary N) is 2. The highest BCUT2D eigenvalue weighted by molar-refractivity contribution is 7.89. The Labute approximate surface area is 132 Å². The number of aryl methyl sites for hydroxylation is 1. The number of hydrogen-bond acceptors (Lipinski definition) is 6. The number of carbonyl (C=O) groups is 1. The molecule has 0 aliphatic carbocycles. The van der Waals surface area contributed by atoms with Crippen LogP contribution in [0, 0.1) is 0 Å². The Morgan fingerprint density at radius 2 is 1.95 bits per heavy atom. The summed E-state index contributed by atoms with van der Waals surface area (Å²) in [5, 5.41) is 11.6. The second-order valence-corrected chi connectivity index (χ2v) is 7.19. The molecule has 1 heterocycles. The number of anilines is 1. The standard InChI is InChI=1S/C13H16N4O3S2/c1-2-12-16-17-13(21-12)15-11(18)8-9-14-22(19,20)10-6-4-3-5-7-10/h3-7,14H,2,8-9H2,1H3,(H,15,17,18). The molecule has 7 nitrogen and oxygen atoms in total. The largest absolute Gasteiger partial charge is 0.300 e. The van der Waals surface area contributed by atoms with Crippen LogP contribution in [0.4, 0.5) is 5.13 Å². The number of rotatable bonds is 7. The van der Waals surface area contributed by atoms with Gasteiger partial charge in [0.05, 0.1) is 4.90 Å². The van der Waals surface area contributed by atoms with Gasteiger partial charge in [0.1, 0.15) is 5.01 Å². The summed E-state index contributed by atoms with van der Waals surface area (Å²) in [5.74, 6) is -0.311. The fourth-order valence-corrected chi connectivity index (χ4v) is 3.36. The Kier molecular flexibility index (Phi) is 5.58. The van der Waals surface area contributed by atoms with E-state index >= 15 is 0 Å². The number of carbonyl (C=O) groups excluding carboxylic acids is 1. The summed E-state index contributed by atoms with van der Waals surface area (Å²) >= 11 is 1.30. The highest BCUT2D eigenvalue weighted by Crippen LogP contribution is 2.15. The molecule has 2 rings (SSSR count). The van der Waals surface area contributed by atoms with Crippen molar-refractivity contribution in [3.05, 3.63) is 35.3 Å². The van der Waals surface area contributed by atoms with Gasteiger partial charge in [-0.15, -0.1) is 10.2 Å². The molecule has 0 bridgehead atoms. The molecule has 9 heteroatoms. The Morgan fingerprint density at radius 1 is 1.23 bits per heavy atom.